The molecule has 0 unspecified atom stereocenters. The SMILES string of the molecule is CCN1CCN(C(=O)C2(S(C)(=O)=O)CCNCC2)CC1. The van der Waals surface area contributed by atoms with E-state index in [-0.39, 0.29) is 5.91 Å². The van der Waals surface area contributed by atoms with Gasteiger partial charge >= 0.3 is 0 Å². The van der Waals surface area contributed by atoms with E-state index >= 15 is 0 Å². The molecule has 0 radical (unpaired) electrons. The molecule has 2 saturated heterocycles. The van der Waals surface area contributed by atoms with Crippen LogP contribution in [0.2, 0.25) is 0 Å². The fourth-order valence-corrected chi connectivity index (χ4v) is 4.52. The van der Waals surface area contributed by atoms with Gasteiger partial charge in [-0.25, -0.2) is 8.42 Å². The van der Waals surface area contributed by atoms with Crippen molar-refractivity contribution in [3.63, 3.8) is 0 Å². The van der Waals surface area contributed by atoms with Gasteiger partial charge in [-0.1, -0.05) is 6.92 Å². The Morgan fingerprint density at radius 1 is 1.15 bits per heavy atom. The van der Waals surface area contributed by atoms with Crippen molar-refractivity contribution < 1.29 is 13.2 Å². The van der Waals surface area contributed by atoms with Crippen LogP contribution in [0.25, 0.3) is 0 Å². The maximum Gasteiger partial charge on any atom is 0.244 e. The van der Waals surface area contributed by atoms with Crippen LogP contribution in [0, 0.1) is 0 Å². The molecule has 2 fully saturated rings. The molecule has 0 aliphatic carbocycles. The maximum atomic E-state index is 12.8. The molecule has 1 N–H and O–H groups in total. The Morgan fingerprint density at radius 2 is 1.70 bits per heavy atom. The predicted octanol–water partition coefficient (Wildman–Crippen LogP) is -0.683. The molecule has 2 rings (SSSR count). The van der Waals surface area contributed by atoms with Crippen LogP contribution in [0.3, 0.4) is 0 Å². The van der Waals surface area contributed by atoms with Crippen molar-refractivity contribution in [2.75, 3.05) is 52.1 Å². The van der Waals surface area contributed by atoms with Crippen molar-refractivity contribution in [1.82, 2.24) is 15.1 Å². The third-order valence-electron chi connectivity index (χ3n) is 4.62. The molecule has 116 valence electrons. The summed E-state index contributed by atoms with van der Waals surface area (Å²) in [7, 11) is -3.40. The van der Waals surface area contributed by atoms with Crippen molar-refractivity contribution in [3.8, 4) is 0 Å². The second kappa shape index (κ2) is 5.99. The number of rotatable bonds is 3. The lowest BCUT2D eigenvalue weighted by molar-refractivity contribution is -0.136. The monoisotopic (exact) mass is 303 g/mol. The van der Waals surface area contributed by atoms with Gasteiger partial charge in [0.1, 0.15) is 0 Å². The highest BCUT2D eigenvalue weighted by atomic mass is 32.2. The van der Waals surface area contributed by atoms with E-state index < -0.39 is 14.6 Å². The number of likely N-dealkylation sites (N-methyl/N-ethyl adjacent to an activating group) is 1. The minimum Gasteiger partial charge on any atom is -0.339 e. The maximum absolute atomic E-state index is 12.8. The Morgan fingerprint density at radius 3 is 2.15 bits per heavy atom. The Kier molecular flexibility index (Phi) is 4.71. The molecule has 2 heterocycles. The van der Waals surface area contributed by atoms with Gasteiger partial charge < -0.3 is 15.1 Å². The number of sulfone groups is 1. The molecule has 0 aromatic heterocycles. The van der Waals surface area contributed by atoms with E-state index in [1.807, 2.05) is 0 Å². The van der Waals surface area contributed by atoms with Gasteiger partial charge in [0.25, 0.3) is 0 Å². The number of hydrogen-bond acceptors (Lipinski definition) is 5. The Hall–Kier alpha value is -0.660. The van der Waals surface area contributed by atoms with Crippen LogP contribution in [0.5, 0.6) is 0 Å². The van der Waals surface area contributed by atoms with Crippen LogP contribution in [0.4, 0.5) is 0 Å². The summed E-state index contributed by atoms with van der Waals surface area (Å²) in [6, 6.07) is 0. The minimum absolute atomic E-state index is 0.183. The van der Waals surface area contributed by atoms with E-state index in [2.05, 4.69) is 17.1 Å². The summed E-state index contributed by atoms with van der Waals surface area (Å²) < 4.78 is 23.3. The zero-order chi connectivity index (χ0) is 14.8. The summed E-state index contributed by atoms with van der Waals surface area (Å²) in [6.45, 7) is 7.20. The molecule has 0 spiro atoms. The van der Waals surface area contributed by atoms with Crippen LogP contribution in [-0.2, 0) is 14.6 Å². The summed E-state index contributed by atoms with van der Waals surface area (Å²) >= 11 is 0. The standard InChI is InChI=1S/C13H25N3O3S/c1-3-15-8-10-16(11-9-15)12(17)13(20(2,18)19)4-6-14-7-5-13/h14H,3-11H2,1-2H3. The van der Waals surface area contributed by atoms with Crippen molar-refractivity contribution in [2.45, 2.75) is 24.5 Å². The normalized spacial score (nSPS) is 24.6. The largest absolute Gasteiger partial charge is 0.339 e. The molecular formula is C13H25N3O3S. The number of nitrogens with zero attached hydrogens (tertiary/aromatic N) is 2. The Balaban J connectivity index is 2.16. The van der Waals surface area contributed by atoms with Crippen molar-refractivity contribution >= 4 is 15.7 Å². The van der Waals surface area contributed by atoms with Crippen molar-refractivity contribution in [2.24, 2.45) is 0 Å². The molecular weight excluding hydrogens is 278 g/mol. The van der Waals surface area contributed by atoms with Crippen LogP contribution < -0.4 is 5.32 Å². The number of nitrogens with one attached hydrogen (secondary N) is 1. The van der Waals surface area contributed by atoms with Crippen molar-refractivity contribution in [1.29, 1.82) is 0 Å². The fraction of sp³-hybridized carbons (Fsp3) is 0.923. The first-order valence-electron chi connectivity index (χ1n) is 7.33. The average Bonchev–Trinajstić information content (AvgIpc) is 2.46. The fourth-order valence-electron chi connectivity index (χ4n) is 3.13. The van der Waals surface area contributed by atoms with E-state index in [4.69, 9.17) is 0 Å². The third kappa shape index (κ3) is 2.84. The molecule has 0 saturated carbocycles. The van der Waals surface area contributed by atoms with Gasteiger partial charge in [0.05, 0.1) is 0 Å². The van der Waals surface area contributed by atoms with E-state index in [1.165, 1.54) is 6.26 Å². The first-order chi connectivity index (χ1) is 9.40. The highest BCUT2D eigenvalue weighted by Gasteiger charge is 2.50. The predicted molar refractivity (Wildman–Crippen MR) is 78.4 cm³/mol. The first kappa shape index (κ1) is 15.7. The Labute approximate surface area is 121 Å². The zero-order valence-electron chi connectivity index (χ0n) is 12.4. The lowest BCUT2D eigenvalue weighted by Gasteiger charge is -2.41. The number of hydrogen-bond donors (Lipinski definition) is 1. The van der Waals surface area contributed by atoms with E-state index in [1.54, 1.807) is 4.90 Å². The summed E-state index contributed by atoms with van der Waals surface area (Å²) in [5, 5.41) is 3.14. The van der Waals surface area contributed by atoms with Gasteiger partial charge in [-0.3, -0.25) is 4.79 Å². The molecule has 0 aromatic rings. The molecule has 2 aliphatic heterocycles. The lowest BCUT2D eigenvalue weighted by atomic mass is 9.95. The van der Waals surface area contributed by atoms with E-state index in [9.17, 15) is 13.2 Å². The van der Waals surface area contributed by atoms with Gasteiger partial charge in [0.15, 0.2) is 14.6 Å². The van der Waals surface area contributed by atoms with Crippen molar-refractivity contribution in [3.05, 3.63) is 0 Å². The molecule has 0 aromatic carbocycles. The topological polar surface area (TPSA) is 69.7 Å². The Bertz CT molecular complexity index is 449. The quantitative estimate of drug-likeness (QED) is 0.748. The van der Waals surface area contributed by atoms with Crippen LogP contribution in [0.15, 0.2) is 0 Å². The summed E-state index contributed by atoms with van der Waals surface area (Å²) in [5.41, 5.74) is 0. The smallest absolute Gasteiger partial charge is 0.244 e. The summed E-state index contributed by atoms with van der Waals surface area (Å²) in [4.78, 5) is 16.8. The molecule has 20 heavy (non-hydrogen) atoms. The van der Waals surface area contributed by atoms with Gasteiger partial charge in [-0.05, 0) is 32.5 Å². The summed E-state index contributed by atoms with van der Waals surface area (Å²) in [5.74, 6) is -0.183. The van der Waals surface area contributed by atoms with Gasteiger partial charge in [0.2, 0.25) is 5.91 Å². The molecule has 1 amide bonds. The molecule has 2 aliphatic rings. The second-order valence-electron chi connectivity index (χ2n) is 5.74. The highest BCUT2D eigenvalue weighted by molar-refractivity contribution is 7.92. The number of amides is 1. The third-order valence-corrected chi connectivity index (χ3v) is 6.62. The second-order valence-corrected chi connectivity index (χ2v) is 8.07. The average molecular weight is 303 g/mol. The van der Waals surface area contributed by atoms with Crippen LogP contribution in [-0.4, -0.2) is 80.9 Å². The van der Waals surface area contributed by atoms with E-state index in [0.29, 0.717) is 39.0 Å². The van der Waals surface area contributed by atoms with Gasteiger partial charge in [0, 0.05) is 32.4 Å². The van der Waals surface area contributed by atoms with Crippen LogP contribution in [0.1, 0.15) is 19.8 Å². The number of carbonyl (C=O) groups excluding carboxylic acids is 1. The summed E-state index contributed by atoms with van der Waals surface area (Å²) in [6.07, 6.45) is 1.98. The number of piperazine rings is 1. The molecule has 7 heteroatoms. The van der Waals surface area contributed by atoms with E-state index in [0.717, 1.165) is 19.6 Å². The lowest BCUT2D eigenvalue weighted by Crippen LogP contribution is -2.61. The number of carbonyl (C=O) groups is 1. The molecule has 6 nitrogen and oxygen atoms in total. The molecule has 0 bridgehead atoms. The van der Waals surface area contributed by atoms with Gasteiger partial charge in [-0.2, -0.15) is 0 Å². The molecule has 0 atom stereocenters. The number of piperidine rings is 1. The first-order valence-corrected chi connectivity index (χ1v) is 9.22. The minimum atomic E-state index is -3.40. The van der Waals surface area contributed by atoms with Gasteiger partial charge in [-0.15, -0.1) is 0 Å². The van der Waals surface area contributed by atoms with Crippen LogP contribution >= 0.6 is 0 Å². The zero-order valence-corrected chi connectivity index (χ0v) is 13.2. The highest BCUT2D eigenvalue weighted by Crippen LogP contribution is 2.30.